The Kier molecular flexibility index (Phi) is 2.86. The van der Waals surface area contributed by atoms with Crippen molar-refractivity contribution in [1.29, 1.82) is 0 Å². The predicted molar refractivity (Wildman–Crippen MR) is 66.7 cm³/mol. The van der Waals surface area contributed by atoms with Crippen molar-refractivity contribution >= 4 is 17.6 Å². The Morgan fingerprint density at radius 1 is 1.33 bits per heavy atom. The van der Waals surface area contributed by atoms with Crippen LogP contribution in [0.4, 0.5) is 5.69 Å². The maximum absolute atomic E-state index is 12.1. The lowest BCUT2D eigenvalue weighted by Crippen LogP contribution is -2.39. The van der Waals surface area contributed by atoms with Gasteiger partial charge in [-0.2, -0.15) is 0 Å². The first-order valence-corrected chi connectivity index (χ1v) is 5.72. The number of hydrogen-bond acceptors (Lipinski definition) is 4. The molecule has 5 nitrogen and oxygen atoms in total. The summed E-state index contributed by atoms with van der Waals surface area (Å²) in [6.45, 7) is 5.28. The minimum absolute atomic E-state index is 0.453. The molecule has 18 heavy (non-hydrogen) atoms. The van der Waals surface area contributed by atoms with Gasteiger partial charge in [0.15, 0.2) is 5.92 Å². The van der Waals surface area contributed by atoms with Gasteiger partial charge >= 0.3 is 5.97 Å². The number of hydrogen-bond donors (Lipinski definition) is 1. The van der Waals surface area contributed by atoms with Crippen LogP contribution in [0.25, 0.3) is 0 Å². The highest BCUT2D eigenvalue weighted by Crippen LogP contribution is 2.36. The second kappa shape index (κ2) is 4.10. The second-order valence-corrected chi connectivity index (χ2v) is 5.23. The Morgan fingerprint density at radius 3 is 2.56 bits per heavy atom. The molecule has 0 spiro atoms. The topological polar surface area (TPSA) is 72.6 Å². The third-order valence-electron chi connectivity index (χ3n) is 2.63. The number of anilines is 1. The molecular weight excluding hydrogens is 232 g/mol. The van der Waals surface area contributed by atoms with Crippen molar-refractivity contribution in [1.82, 2.24) is 0 Å². The van der Waals surface area contributed by atoms with Crippen molar-refractivity contribution in [2.45, 2.75) is 32.3 Å². The first-order valence-electron chi connectivity index (χ1n) is 5.72. The van der Waals surface area contributed by atoms with Gasteiger partial charge in [0.2, 0.25) is 0 Å². The molecule has 1 atom stereocenters. The highest BCUT2D eigenvalue weighted by Gasteiger charge is 2.42. The number of benzene rings is 1. The molecule has 1 aliphatic heterocycles. The first kappa shape index (κ1) is 12.6. The zero-order valence-corrected chi connectivity index (χ0v) is 10.6. The predicted octanol–water partition coefficient (Wildman–Crippen LogP) is 1.33. The largest absolute Gasteiger partial charge is 0.459 e. The monoisotopic (exact) mass is 248 g/mol. The minimum atomic E-state index is -0.953. The fourth-order valence-electron chi connectivity index (χ4n) is 1.93. The molecule has 0 bridgehead atoms. The standard InChI is InChI=1S/C13H16N2O3/c1-13(2,3)18-12(17)10-8-6-4-5-7-9(8)15(14)11(10)16/h4-7,10H,14H2,1-3H3. The molecule has 0 radical (unpaired) electrons. The summed E-state index contributed by atoms with van der Waals surface area (Å²) in [5, 5.41) is 1.00. The van der Waals surface area contributed by atoms with Gasteiger partial charge in [0.1, 0.15) is 5.60 Å². The van der Waals surface area contributed by atoms with Gasteiger partial charge in [-0.25, -0.2) is 10.9 Å². The molecule has 1 heterocycles. The van der Waals surface area contributed by atoms with Crippen LogP contribution in [0, 0.1) is 0 Å². The van der Waals surface area contributed by atoms with Crippen LogP contribution in [-0.4, -0.2) is 17.5 Å². The number of rotatable bonds is 1. The van der Waals surface area contributed by atoms with Crippen LogP contribution in [0.5, 0.6) is 0 Å². The summed E-state index contributed by atoms with van der Waals surface area (Å²) in [4.78, 5) is 24.0. The minimum Gasteiger partial charge on any atom is -0.459 e. The SMILES string of the molecule is CC(C)(C)OC(=O)C1C(=O)N(N)c2ccccc21. The summed E-state index contributed by atoms with van der Waals surface area (Å²) in [6.07, 6.45) is 0. The fourth-order valence-corrected chi connectivity index (χ4v) is 1.93. The Morgan fingerprint density at radius 2 is 1.94 bits per heavy atom. The molecule has 1 unspecified atom stereocenters. The number of esters is 1. The molecule has 5 heteroatoms. The van der Waals surface area contributed by atoms with Crippen molar-refractivity contribution in [2.24, 2.45) is 5.84 Å². The number of fused-ring (bicyclic) bond motifs is 1. The second-order valence-electron chi connectivity index (χ2n) is 5.23. The number of ether oxygens (including phenoxy) is 1. The molecule has 1 aromatic carbocycles. The Labute approximate surface area is 105 Å². The van der Waals surface area contributed by atoms with Crippen molar-refractivity contribution in [3.05, 3.63) is 29.8 Å². The molecule has 1 amide bonds. The van der Waals surface area contributed by atoms with Crippen LogP contribution in [-0.2, 0) is 14.3 Å². The van der Waals surface area contributed by atoms with Crippen LogP contribution < -0.4 is 10.9 Å². The molecule has 1 aromatic rings. The molecule has 0 aliphatic carbocycles. The smallest absolute Gasteiger partial charge is 0.323 e. The molecule has 2 N–H and O–H groups in total. The summed E-state index contributed by atoms with van der Waals surface area (Å²) >= 11 is 0. The van der Waals surface area contributed by atoms with E-state index in [-0.39, 0.29) is 0 Å². The van der Waals surface area contributed by atoms with Crippen LogP contribution >= 0.6 is 0 Å². The average Bonchev–Trinajstić information content (AvgIpc) is 2.50. The summed E-state index contributed by atoms with van der Waals surface area (Å²) in [6, 6.07) is 6.96. The van der Waals surface area contributed by atoms with E-state index in [1.54, 1.807) is 45.0 Å². The first-order chi connectivity index (χ1) is 8.31. The van der Waals surface area contributed by atoms with E-state index in [0.29, 0.717) is 11.3 Å². The van der Waals surface area contributed by atoms with Crippen LogP contribution in [0.2, 0.25) is 0 Å². The quantitative estimate of drug-likeness (QED) is 0.352. The van der Waals surface area contributed by atoms with E-state index >= 15 is 0 Å². The molecule has 0 saturated heterocycles. The summed E-state index contributed by atoms with van der Waals surface area (Å²) in [7, 11) is 0. The third-order valence-corrected chi connectivity index (χ3v) is 2.63. The molecular formula is C13H16N2O3. The molecule has 0 aromatic heterocycles. The highest BCUT2D eigenvalue weighted by molar-refractivity contribution is 6.15. The van der Waals surface area contributed by atoms with Gasteiger partial charge in [-0.1, -0.05) is 18.2 Å². The Bertz CT molecular complexity index is 505. The van der Waals surface area contributed by atoms with Crippen LogP contribution in [0.1, 0.15) is 32.3 Å². The molecule has 96 valence electrons. The van der Waals surface area contributed by atoms with E-state index in [9.17, 15) is 9.59 Å². The van der Waals surface area contributed by atoms with Gasteiger partial charge in [0.25, 0.3) is 5.91 Å². The van der Waals surface area contributed by atoms with Crippen molar-refractivity contribution < 1.29 is 14.3 Å². The van der Waals surface area contributed by atoms with Crippen LogP contribution in [0.15, 0.2) is 24.3 Å². The lowest BCUT2D eigenvalue weighted by Gasteiger charge is -2.21. The van der Waals surface area contributed by atoms with Crippen molar-refractivity contribution in [3.8, 4) is 0 Å². The van der Waals surface area contributed by atoms with Gasteiger partial charge in [-0.05, 0) is 26.8 Å². The number of nitrogens with two attached hydrogens (primary N) is 1. The maximum Gasteiger partial charge on any atom is 0.323 e. The van der Waals surface area contributed by atoms with Gasteiger partial charge in [-0.15, -0.1) is 0 Å². The van der Waals surface area contributed by atoms with Crippen molar-refractivity contribution in [2.75, 3.05) is 5.01 Å². The van der Waals surface area contributed by atoms with E-state index in [2.05, 4.69) is 0 Å². The fraction of sp³-hybridized carbons (Fsp3) is 0.385. The average molecular weight is 248 g/mol. The Hall–Kier alpha value is -1.88. The molecule has 1 aliphatic rings. The maximum atomic E-state index is 12.1. The molecule has 0 fully saturated rings. The number of hydrazine groups is 1. The highest BCUT2D eigenvalue weighted by atomic mass is 16.6. The number of amides is 1. The number of nitrogens with zero attached hydrogens (tertiary/aromatic N) is 1. The molecule has 0 saturated carbocycles. The van der Waals surface area contributed by atoms with Gasteiger partial charge in [0.05, 0.1) is 5.69 Å². The Balaban J connectivity index is 2.35. The van der Waals surface area contributed by atoms with E-state index in [0.717, 1.165) is 5.01 Å². The summed E-state index contributed by atoms with van der Waals surface area (Å²) < 4.78 is 5.26. The van der Waals surface area contributed by atoms with E-state index in [1.807, 2.05) is 0 Å². The third kappa shape index (κ3) is 2.09. The van der Waals surface area contributed by atoms with E-state index in [1.165, 1.54) is 0 Å². The molecule has 2 rings (SSSR count). The zero-order valence-electron chi connectivity index (χ0n) is 10.6. The van der Waals surface area contributed by atoms with Gasteiger partial charge in [0, 0.05) is 5.56 Å². The van der Waals surface area contributed by atoms with E-state index < -0.39 is 23.4 Å². The lowest BCUT2D eigenvalue weighted by molar-refractivity contribution is -0.158. The zero-order chi connectivity index (χ0) is 13.5. The number of carbonyl (C=O) groups excluding carboxylic acids is 2. The number of para-hydroxylation sites is 1. The number of carbonyl (C=O) groups is 2. The summed E-state index contributed by atoms with van der Waals surface area (Å²) in [5.74, 6) is 3.69. The van der Waals surface area contributed by atoms with E-state index in [4.69, 9.17) is 10.6 Å². The van der Waals surface area contributed by atoms with Gasteiger partial charge < -0.3 is 4.74 Å². The van der Waals surface area contributed by atoms with Gasteiger partial charge in [-0.3, -0.25) is 9.59 Å². The van der Waals surface area contributed by atoms with Crippen molar-refractivity contribution in [3.63, 3.8) is 0 Å². The van der Waals surface area contributed by atoms with Crippen LogP contribution in [0.3, 0.4) is 0 Å². The lowest BCUT2D eigenvalue weighted by atomic mass is 10.0. The normalized spacial score (nSPS) is 18.8. The summed E-state index contributed by atoms with van der Waals surface area (Å²) in [5.41, 5.74) is 0.520.